The van der Waals surface area contributed by atoms with Crippen LogP contribution < -0.4 is 5.32 Å². The molecule has 1 atom stereocenters. The van der Waals surface area contributed by atoms with Crippen LogP contribution in [0.15, 0.2) is 60.7 Å². The van der Waals surface area contributed by atoms with E-state index in [1.807, 2.05) is 35.7 Å². The predicted molar refractivity (Wildman–Crippen MR) is 93.7 cm³/mol. The first-order valence-corrected chi connectivity index (χ1v) is 7.79. The van der Waals surface area contributed by atoms with Gasteiger partial charge in [-0.3, -0.25) is 0 Å². The molecule has 0 radical (unpaired) electrons. The zero-order chi connectivity index (χ0) is 15.8. The SMILES string of the molecule is Cc1cc2nc(N[C@H](C)c3ccccc3)c3ccccc3n2n1. The number of hydrogen-bond donors (Lipinski definition) is 1. The normalized spacial score (nSPS) is 12.6. The van der Waals surface area contributed by atoms with Crippen LogP contribution in [0.3, 0.4) is 0 Å². The van der Waals surface area contributed by atoms with Crippen molar-refractivity contribution in [2.24, 2.45) is 0 Å². The van der Waals surface area contributed by atoms with Crippen molar-refractivity contribution >= 4 is 22.4 Å². The number of benzene rings is 2. The van der Waals surface area contributed by atoms with Gasteiger partial charge in [-0.15, -0.1) is 0 Å². The minimum Gasteiger partial charge on any atom is -0.363 e. The van der Waals surface area contributed by atoms with E-state index in [1.165, 1.54) is 5.56 Å². The van der Waals surface area contributed by atoms with E-state index in [0.717, 1.165) is 28.1 Å². The molecule has 0 aliphatic carbocycles. The highest BCUT2D eigenvalue weighted by atomic mass is 15.3. The molecule has 4 heteroatoms. The number of nitrogens with zero attached hydrogens (tertiary/aromatic N) is 3. The molecule has 0 aliphatic heterocycles. The van der Waals surface area contributed by atoms with Crippen LogP contribution in [-0.4, -0.2) is 14.6 Å². The Bertz CT molecular complexity index is 973. The van der Waals surface area contributed by atoms with Gasteiger partial charge in [-0.2, -0.15) is 5.10 Å². The first-order valence-electron chi connectivity index (χ1n) is 7.79. The van der Waals surface area contributed by atoms with E-state index in [-0.39, 0.29) is 6.04 Å². The molecule has 2 aromatic heterocycles. The van der Waals surface area contributed by atoms with Gasteiger partial charge >= 0.3 is 0 Å². The zero-order valence-electron chi connectivity index (χ0n) is 13.2. The molecule has 4 rings (SSSR count). The monoisotopic (exact) mass is 302 g/mol. The lowest BCUT2D eigenvalue weighted by Gasteiger charge is -2.17. The average Bonchev–Trinajstić information content (AvgIpc) is 2.96. The van der Waals surface area contributed by atoms with Crippen LogP contribution >= 0.6 is 0 Å². The van der Waals surface area contributed by atoms with E-state index in [2.05, 4.69) is 53.7 Å². The quantitative estimate of drug-likeness (QED) is 0.611. The molecule has 0 saturated carbocycles. The van der Waals surface area contributed by atoms with Gasteiger partial charge in [0, 0.05) is 17.5 Å². The number of anilines is 1. The van der Waals surface area contributed by atoms with Crippen LogP contribution in [0, 0.1) is 6.92 Å². The van der Waals surface area contributed by atoms with Gasteiger partial charge in [0.05, 0.1) is 11.2 Å². The number of aryl methyl sites for hydroxylation is 1. The van der Waals surface area contributed by atoms with Crippen molar-refractivity contribution < 1.29 is 0 Å². The second-order valence-electron chi connectivity index (χ2n) is 5.81. The molecule has 0 unspecified atom stereocenters. The molecule has 114 valence electrons. The van der Waals surface area contributed by atoms with Crippen molar-refractivity contribution in [2.75, 3.05) is 5.32 Å². The van der Waals surface area contributed by atoms with Crippen molar-refractivity contribution in [3.8, 4) is 0 Å². The summed E-state index contributed by atoms with van der Waals surface area (Å²) in [5.74, 6) is 0.893. The van der Waals surface area contributed by atoms with E-state index < -0.39 is 0 Å². The Morgan fingerprint density at radius 3 is 2.57 bits per heavy atom. The Morgan fingerprint density at radius 1 is 1.00 bits per heavy atom. The number of nitrogens with one attached hydrogen (secondary N) is 1. The van der Waals surface area contributed by atoms with Gasteiger partial charge in [-0.05, 0) is 31.5 Å². The molecule has 1 N–H and O–H groups in total. The summed E-state index contributed by atoms with van der Waals surface area (Å²) in [5, 5.41) is 9.17. The summed E-state index contributed by atoms with van der Waals surface area (Å²) >= 11 is 0. The molecule has 0 amide bonds. The predicted octanol–water partition coefficient (Wildman–Crippen LogP) is 4.36. The Morgan fingerprint density at radius 2 is 1.74 bits per heavy atom. The minimum absolute atomic E-state index is 0.179. The van der Waals surface area contributed by atoms with Crippen molar-refractivity contribution in [3.63, 3.8) is 0 Å². The topological polar surface area (TPSA) is 42.2 Å². The van der Waals surface area contributed by atoms with Crippen molar-refractivity contribution in [2.45, 2.75) is 19.9 Å². The lowest BCUT2D eigenvalue weighted by molar-refractivity contribution is 0.874. The number of fused-ring (bicyclic) bond motifs is 3. The maximum Gasteiger partial charge on any atom is 0.158 e. The molecule has 4 nitrogen and oxygen atoms in total. The first-order chi connectivity index (χ1) is 11.2. The third-order valence-electron chi connectivity index (χ3n) is 4.08. The second kappa shape index (κ2) is 5.39. The molecule has 23 heavy (non-hydrogen) atoms. The fraction of sp³-hybridized carbons (Fsp3) is 0.158. The number of hydrogen-bond acceptors (Lipinski definition) is 3. The van der Waals surface area contributed by atoms with E-state index in [9.17, 15) is 0 Å². The van der Waals surface area contributed by atoms with Gasteiger partial charge in [-0.1, -0.05) is 42.5 Å². The molecule has 2 aromatic carbocycles. The van der Waals surface area contributed by atoms with Crippen LogP contribution in [0.5, 0.6) is 0 Å². The lowest BCUT2D eigenvalue weighted by atomic mass is 10.1. The van der Waals surface area contributed by atoms with Gasteiger partial charge in [0.15, 0.2) is 5.65 Å². The summed E-state index contributed by atoms with van der Waals surface area (Å²) in [5.41, 5.74) is 4.14. The third-order valence-corrected chi connectivity index (χ3v) is 4.08. The van der Waals surface area contributed by atoms with Gasteiger partial charge in [0.2, 0.25) is 0 Å². The van der Waals surface area contributed by atoms with E-state index in [0.29, 0.717) is 0 Å². The summed E-state index contributed by atoms with van der Waals surface area (Å²) in [7, 11) is 0. The maximum atomic E-state index is 4.78. The molecule has 4 aromatic rings. The molecule has 0 aliphatic rings. The molecule has 0 bridgehead atoms. The molecule has 0 fully saturated rings. The Hall–Kier alpha value is -2.88. The number of aromatic nitrogens is 3. The lowest BCUT2D eigenvalue weighted by Crippen LogP contribution is -2.09. The largest absolute Gasteiger partial charge is 0.363 e. The average molecular weight is 302 g/mol. The standard InChI is InChI=1S/C19H18N4/c1-13-12-18-21-19(20-14(2)15-8-4-3-5-9-15)16-10-6-7-11-17(16)23(18)22-13/h3-12,14H,1-2H3,(H,20,21)/t14-/m1/s1. The molecular weight excluding hydrogens is 284 g/mol. The zero-order valence-corrected chi connectivity index (χ0v) is 13.2. The van der Waals surface area contributed by atoms with Crippen LogP contribution in [0.4, 0.5) is 5.82 Å². The van der Waals surface area contributed by atoms with Crippen LogP contribution in [0.25, 0.3) is 16.6 Å². The number of rotatable bonds is 3. The van der Waals surface area contributed by atoms with Gasteiger partial charge in [-0.25, -0.2) is 9.50 Å². The summed E-state index contributed by atoms with van der Waals surface area (Å²) in [6.07, 6.45) is 0. The van der Waals surface area contributed by atoms with Crippen molar-refractivity contribution in [1.29, 1.82) is 0 Å². The highest BCUT2D eigenvalue weighted by Crippen LogP contribution is 2.26. The second-order valence-corrected chi connectivity index (χ2v) is 5.81. The van der Waals surface area contributed by atoms with E-state index >= 15 is 0 Å². The van der Waals surface area contributed by atoms with Gasteiger partial charge in [0.25, 0.3) is 0 Å². The van der Waals surface area contributed by atoms with E-state index in [4.69, 9.17) is 4.98 Å². The Balaban J connectivity index is 1.85. The number of para-hydroxylation sites is 1. The van der Waals surface area contributed by atoms with Crippen LogP contribution in [0.1, 0.15) is 24.2 Å². The van der Waals surface area contributed by atoms with E-state index in [1.54, 1.807) is 0 Å². The highest BCUT2D eigenvalue weighted by Gasteiger charge is 2.12. The molecular formula is C19H18N4. The fourth-order valence-electron chi connectivity index (χ4n) is 2.92. The smallest absolute Gasteiger partial charge is 0.158 e. The highest BCUT2D eigenvalue weighted by molar-refractivity contribution is 5.91. The van der Waals surface area contributed by atoms with Crippen LogP contribution in [0.2, 0.25) is 0 Å². The minimum atomic E-state index is 0.179. The van der Waals surface area contributed by atoms with Crippen molar-refractivity contribution in [3.05, 3.63) is 71.9 Å². The Kier molecular flexibility index (Phi) is 3.23. The summed E-state index contributed by atoms with van der Waals surface area (Å²) in [4.78, 5) is 4.78. The third kappa shape index (κ3) is 2.42. The molecule has 2 heterocycles. The van der Waals surface area contributed by atoms with Crippen LogP contribution in [-0.2, 0) is 0 Å². The molecule has 0 spiro atoms. The first kappa shape index (κ1) is 13.8. The summed E-state index contributed by atoms with van der Waals surface area (Å²) in [6.45, 7) is 4.14. The van der Waals surface area contributed by atoms with Crippen molar-refractivity contribution in [1.82, 2.24) is 14.6 Å². The van der Waals surface area contributed by atoms with Gasteiger partial charge < -0.3 is 5.32 Å². The Labute approximate surface area is 134 Å². The van der Waals surface area contributed by atoms with Gasteiger partial charge in [0.1, 0.15) is 5.82 Å². The summed E-state index contributed by atoms with van der Waals surface area (Å²) in [6, 6.07) is 20.8. The fourth-order valence-corrected chi connectivity index (χ4v) is 2.92. The maximum absolute atomic E-state index is 4.78. The molecule has 0 saturated heterocycles. The summed E-state index contributed by atoms with van der Waals surface area (Å²) < 4.78 is 1.91.